The Morgan fingerprint density at radius 3 is 2.91 bits per heavy atom. The number of rotatable bonds is 7. The molecule has 0 radical (unpaired) electrons. The number of ether oxygens (including phenoxy) is 3. The van der Waals surface area contributed by atoms with Crippen LogP contribution in [0.5, 0.6) is 17.2 Å². The summed E-state index contributed by atoms with van der Waals surface area (Å²) in [7, 11) is 0. The van der Waals surface area contributed by atoms with Crippen LogP contribution in [0, 0.1) is 5.92 Å². The zero-order valence-electron chi connectivity index (χ0n) is 13.0. The van der Waals surface area contributed by atoms with Crippen molar-refractivity contribution in [2.75, 3.05) is 26.5 Å². The van der Waals surface area contributed by atoms with Crippen LogP contribution in [-0.2, 0) is 0 Å². The van der Waals surface area contributed by atoms with Gasteiger partial charge in [-0.05, 0) is 24.5 Å². The molecule has 1 aliphatic heterocycles. The van der Waals surface area contributed by atoms with Crippen LogP contribution in [-0.4, -0.2) is 32.4 Å². The van der Waals surface area contributed by atoms with Gasteiger partial charge in [0.15, 0.2) is 17.5 Å². The smallest absolute Gasteiger partial charge is 0.231 e. The van der Waals surface area contributed by atoms with Crippen molar-refractivity contribution in [2.24, 2.45) is 16.6 Å². The fourth-order valence-electron chi connectivity index (χ4n) is 1.81. The lowest BCUT2D eigenvalue weighted by Gasteiger charge is -2.09. The largest absolute Gasteiger partial charge is 0.492 e. The highest BCUT2D eigenvalue weighted by atomic mass is 127. The van der Waals surface area contributed by atoms with Crippen LogP contribution < -0.4 is 25.3 Å². The Bertz CT molecular complexity index is 495. The summed E-state index contributed by atoms with van der Waals surface area (Å²) in [4.78, 5) is 4.25. The predicted octanol–water partition coefficient (Wildman–Crippen LogP) is 2.36. The van der Waals surface area contributed by atoms with Crippen LogP contribution >= 0.6 is 24.0 Å². The minimum Gasteiger partial charge on any atom is -0.492 e. The molecule has 0 atom stereocenters. The van der Waals surface area contributed by atoms with Gasteiger partial charge in [0, 0.05) is 12.6 Å². The number of halogens is 1. The molecule has 0 saturated carbocycles. The molecule has 0 bridgehead atoms. The van der Waals surface area contributed by atoms with Gasteiger partial charge in [-0.15, -0.1) is 24.0 Å². The van der Waals surface area contributed by atoms with Gasteiger partial charge in [0.2, 0.25) is 6.79 Å². The first-order valence-electron chi connectivity index (χ1n) is 7.21. The van der Waals surface area contributed by atoms with Gasteiger partial charge in [-0.3, -0.25) is 4.99 Å². The van der Waals surface area contributed by atoms with Crippen molar-refractivity contribution in [3.8, 4) is 17.2 Å². The third-order valence-corrected chi connectivity index (χ3v) is 3.01. The SMILES string of the molecule is CC(C)CCN=C(N)NCCOc1ccc2c(c1)OCO2.I. The summed E-state index contributed by atoms with van der Waals surface area (Å²) in [6, 6.07) is 5.52. The van der Waals surface area contributed by atoms with E-state index in [1.165, 1.54) is 0 Å². The Labute approximate surface area is 148 Å². The maximum atomic E-state index is 5.76. The van der Waals surface area contributed by atoms with Gasteiger partial charge in [0.25, 0.3) is 0 Å². The molecule has 1 aromatic rings. The molecular weight excluding hydrogens is 397 g/mol. The number of nitrogens with two attached hydrogens (primary N) is 1. The van der Waals surface area contributed by atoms with Gasteiger partial charge in [-0.2, -0.15) is 0 Å². The standard InChI is InChI=1S/C15H23N3O3.HI/c1-11(2)5-6-17-15(16)18-7-8-19-12-3-4-13-14(9-12)21-10-20-13;/h3-4,9,11H,5-8,10H2,1-2H3,(H3,16,17,18);1H. The predicted molar refractivity (Wildman–Crippen MR) is 97.4 cm³/mol. The van der Waals surface area contributed by atoms with E-state index in [4.69, 9.17) is 19.9 Å². The third kappa shape index (κ3) is 6.17. The number of hydrogen-bond acceptors (Lipinski definition) is 4. The molecule has 7 heteroatoms. The van der Waals surface area contributed by atoms with Crippen molar-refractivity contribution in [3.63, 3.8) is 0 Å². The summed E-state index contributed by atoms with van der Waals surface area (Å²) in [5, 5.41) is 3.03. The molecule has 0 saturated heterocycles. The first-order valence-corrected chi connectivity index (χ1v) is 7.21. The number of fused-ring (bicyclic) bond motifs is 1. The van der Waals surface area contributed by atoms with Gasteiger partial charge < -0.3 is 25.3 Å². The van der Waals surface area contributed by atoms with Gasteiger partial charge in [0.1, 0.15) is 12.4 Å². The fourth-order valence-corrected chi connectivity index (χ4v) is 1.81. The van der Waals surface area contributed by atoms with E-state index >= 15 is 0 Å². The maximum absolute atomic E-state index is 5.76. The number of nitrogens with one attached hydrogen (secondary N) is 1. The van der Waals surface area contributed by atoms with E-state index in [2.05, 4.69) is 24.2 Å². The first kappa shape index (κ1) is 18.7. The van der Waals surface area contributed by atoms with Crippen LogP contribution in [0.25, 0.3) is 0 Å². The normalized spacial score (nSPS) is 13.0. The van der Waals surface area contributed by atoms with Gasteiger partial charge in [0.05, 0.1) is 6.54 Å². The summed E-state index contributed by atoms with van der Waals surface area (Å²) < 4.78 is 16.1. The highest BCUT2D eigenvalue weighted by Crippen LogP contribution is 2.34. The van der Waals surface area contributed by atoms with Gasteiger partial charge >= 0.3 is 0 Å². The van der Waals surface area contributed by atoms with Crippen LogP contribution in [0.4, 0.5) is 0 Å². The van der Waals surface area contributed by atoms with E-state index in [0.29, 0.717) is 25.0 Å². The van der Waals surface area contributed by atoms with E-state index in [0.717, 1.165) is 30.2 Å². The van der Waals surface area contributed by atoms with Crippen LogP contribution in [0.2, 0.25) is 0 Å². The lowest BCUT2D eigenvalue weighted by atomic mass is 10.1. The highest BCUT2D eigenvalue weighted by Gasteiger charge is 2.13. The zero-order valence-corrected chi connectivity index (χ0v) is 15.3. The molecule has 0 spiro atoms. The van der Waals surface area contributed by atoms with Gasteiger partial charge in [-0.25, -0.2) is 0 Å². The van der Waals surface area contributed by atoms with Crippen molar-refractivity contribution in [1.82, 2.24) is 5.32 Å². The molecular formula is C15H24IN3O3. The van der Waals surface area contributed by atoms with E-state index in [9.17, 15) is 0 Å². The van der Waals surface area contributed by atoms with E-state index in [-0.39, 0.29) is 30.8 Å². The molecule has 1 aliphatic rings. The Kier molecular flexibility index (Phi) is 8.15. The second-order valence-corrected chi connectivity index (χ2v) is 5.24. The Morgan fingerprint density at radius 2 is 2.14 bits per heavy atom. The quantitative estimate of drug-likeness (QED) is 0.306. The average molecular weight is 421 g/mol. The molecule has 2 rings (SSSR count). The minimum absolute atomic E-state index is 0. The second kappa shape index (κ2) is 9.60. The summed E-state index contributed by atoms with van der Waals surface area (Å²) >= 11 is 0. The van der Waals surface area contributed by atoms with Crippen molar-refractivity contribution >= 4 is 29.9 Å². The minimum atomic E-state index is 0. The monoisotopic (exact) mass is 421 g/mol. The van der Waals surface area contributed by atoms with E-state index in [1.54, 1.807) is 0 Å². The molecule has 3 N–H and O–H groups in total. The van der Waals surface area contributed by atoms with Crippen LogP contribution in [0.1, 0.15) is 20.3 Å². The molecule has 0 amide bonds. The Balaban J connectivity index is 0.00000242. The summed E-state index contributed by atoms with van der Waals surface area (Å²) in [6.07, 6.45) is 1.04. The maximum Gasteiger partial charge on any atom is 0.231 e. The molecule has 124 valence electrons. The van der Waals surface area contributed by atoms with Crippen LogP contribution in [0.15, 0.2) is 23.2 Å². The molecule has 0 aromatic heterocycles. The lowest BCUT2D eigenvalue weighted by molar-refractivity contribution is 0.173. The molecule has 0 aliphatic carbocycles. The topological polar surface area (TPSA) is 78.1 Å². The Morgan fingerprint density at radius 1 is 1.36 bits per heavy atom. The lowest BCUT2D eigenvalue weighted by Crippen LogP contribution is -2.34. The van der Waals surface area contributed by atoms with Crippen molar-refractivity contribution in [1.29, 1.82) is 0 Å². The fraction of sp³-hybridized carbons (Fsp3) is 0.533. The van der Waals surface area contributed by atoms with Crippen LogP contribution in [0.3, 0.4) is 0 Å². The van der Waals surface area contributed by atoms with E-state index < -0.39 is 0 Å². The third-order valence-electron chi connectivity index (χ3n) is 3.01. The summed E-state index contributed by atoms with van der Waals surface area (Å²) in [5.41, 5.74) is 5.76. The number of guanidine groups is 1. The molecule has 22 heavy (non-hydrogen) atoms. The number of aliphatic imine (C=N–C) groups is 1. The molecule has 1 aromatic carbocycles. The Hall–Kier alpha value is -1.38. The summed E-state index contributed by atoms with van der Waals surface area (Å²) in [5.74, 6) is 3.31. The van der Waals surface area contributed by atoms with Crippen molar-refractivity contribution in [2.45, 2.75) is 20.3 Å². The number of hydrogen-bond donors (Lipinski definition) is 2. The molecule has 0 unspecified atom stereocenters. The van der Waals surface area contributed by atoms with Gasteiger partial charge in [-0.1, -0.05) is 13.8 Å². The number of benzene rings is 1. The van der Waals surface area contributed by atoms with Crippen molar-refractivity contribution < 1.29 is 14.2 Å². The average Bonchev–Trinajstić information content (AvgIpc) is 2.90. The zero-order chi connectivity index (χ0) is 15.1. The second-order valence-electron chi connectivity index (χ2n) is 5.24. The van der Waals surface area contributed by atoms with E-state index in [1.807, 2.05) is 18.2 Å². The molecule has 6 nitrogen and oxygen atoms in total. The molecule has 0 fully saturated rings. The molecule has 1 heterocycles. The first-order chi connectivity index (χ1) is 10.1. The number of nitrogens with zero attached hydrogens (tertiary/aromatic N) is 1. The highest BCUT2D eigenvalue weighted by molar-refractivity contribution is 14.0. The van der Waals surface area contributed by atoms with Crippen molar-refractivity contribution in [3.05, 3.63) is 18.2 Å². The summed E-state index contributed by atoms with van der Waals surface area (Å²) in [6.45, 7) is 6.45.